The first kappa shape index (κ1) is 14.6. The van der Waals surface area contributed by atoms with E-state index in [-0.39, 0.29) is 6.10 Å². The highest BCUT2D eigenvalue weighted by atomic mass is 16.5. The Morgan fingerprint density at radius 1 is 1.30 bits per heavy atom. The molecule has 1 aromatic carbocycles. The van der Waals surface area contributed by atoms with Gasteiger partial charge in [-0.15, -0.1) is 0 Å². The van der Waals surface area contributed by atoms with Crippen LogP contribution >= 0.6 is 0 Å². The summed E-state index contributed by atoms with van der Waals surface area (Å²) in [5.74, 6) is 1.67. The predicted molar refractivity (Wildman–Crippen MR) is 81.3 cm³/mol. The zero-order valence-corrected chi connectivity index (χ0v) is 11.9. The van der Waals surface area contributed by atoms with Gasteiger partial charge in [0.15, 0.2) is 0 Å². The largest absolute Gasteiger partial charge is 0.497 e. The average Bonchev–Trinajstić information content (AvgIpc) is 2.46. The van der Waals surface area contributed by atoms with Gasteiger partial charge in [0.2, 0.25) is 0 Å². The van der Waals surface area contributed by atoms with Crippen LogP contribution in [0.5, 0.6) is 5.75 Å². The van der Waals surface area contributed by atoms with Crippen molar-refractivity contribution in [2.45, 2.75) is 13.0 Å². The summed E-state index contributed by atoms with van der Waals surface area (Å²) >= 11 is 0. The van der Waals surface area contributed by atoms with Crippen molar-refractivity contribution in [2.75, 3.05) is 32.1 Å². The Morgan fingerprint density at radius 2 is 2.15 bits per heavy atom. The highest BCUT2D eigenvalue weighted by molar-refractivity contribution is 5.92. The Morgan fingerprint density at radius 3 is 2.90 bits per heavy atom. The zero-order valence-electron chi connectivity index (χ0n) is 11.9. The van der Waals surface area contributed by atoms with Crippen molar-refractivity contribution in [3.63, 3.8) is 0 Å². The normalized spacial score (nSPS) is 12.3. The quantitative estimate of drug-likeness (QED) is 0.670. The number of nitrogens with one attached hydrogen (secondary N) is 2. The van der Waals surface area contributed by atoms with Crippen LogP contribution in [0, 0.1) is 0 Å². The maximum Gasteiger partial charge on any atom is 0.133 e. The van der Waals surface area contributed by atoms with Crippen LogP contribution in [-0.4, -0.2) is 42.9 Å². The first-order valence-electron chi connectivity index (χ1n) is 6.76. The van der Waals surface area contributed by atoms with E-state index in [0.29, 0.717) is 6.54 Å². The van der Waals surface area contributed by atoms with Gasteiger partial charge in [-0.1, -0.05) is 6.07 Å². The van der Waals surface area contributed by atoms with E-state index >= 15 is 0 Å². The summed E-state index contributed by atoms with van der Waals surface area (Å²) in [7, 11) is 1.66. The Hall–Kier alpha value is -1.85. The molecular weight excluding hydrogens is 254 g/mol. The second kappa shape index (κ2) is 7.07. The van der Waals surface area contributed by atoms with Gasteiger partial charge in [-0.25, -0.2) is 4.98 Å². The van der Waals surface area contributed by atoms with Gasteiger partial charge in [0.1, 0.15) is 11.6 Å². The molecule has 0 saturated carbocycles. The van der Waals surface area contributed by atoms with E-state index in [2.05, 4.69) is 15.6 Å². The number of hydrogen-bond donors (Lipinski definition) is 3. The molecule has 5 heteroatoms. The maximum atomic E-state index is 9.16. The summed E-state index contributed by atoms with van der Waals surface area (Å²) in [6, 6.07) is 7.92. The molecule has 0 amide bonds. The van der Waals surface area contributed by atoms with Crippen LogP contribution in [0.4, 0.5) is 5.82 Å². The molecule has 1 unspecified atom stereocenters. The van der Waals surface area contributed by atoms with Crippen molar-refractivity contribution in [1.29, 1.82) is 0 Å². The smallest absolute Gasteiger partial charge is 0.133 e. The van der Waals surface area contributed by atoms with E-state index in [0.717, 1.165) is 35.4 Å². The number of ether oxygens (including phenoxy) is 1. The van der Waals surface area contributed by atoms with Crippen molar-refractivity contribution in [3.05, 3.63) is 30.5 Å². The van der Waals surface area contributed by atoms with E-state index < -0.39 is 0 Å². The second-order valence-corrected chi connectivity index (χ2v) is 4.73. The summed E-state index contributed by atoms with van der Waals surface area (Å²) in [6.45, 7) is 3.88. The number of rotatable bonds is 7. The average molecular weight is 275 g/mol. The van der Waals surface area contributed by atoms with Crippen molar-refractivity contribution < 1.29 is 9.84 Å². The van der Waals surface area contributed by atoms with E-state index in [9.17, 15) is 0 Å². The maximum absolute atomic E-state index is 9.16. The minimum absolute atomic E-state index is 0.324. The lowest BCUT2D eigenvalue weighted by molar-refractivity contribution is 0.192. The first-order valence-corrected chi connectivity index (χ1v) is 6.76. The number of aliphatic hydroxyl groups is 1. The summed E-state index contributed by atoms with van der Waals surface area (Å²) < 4.78 is 5.25. The van der Waals surface area contributed by atoms with Crippen LogP contribution in [0.2, 0.25) is 0 Å². The van der Waals surface area contributed by atoms with Crippen molar-refractivity contribution >= 4 is 16.6 Å². The minimum atomic E-state index is -0.324. The van der Waals surface area contributed by atoms with Gasteiger partial charge in [-0.3, -0.25) is 0 Å². The molecule has 0 bridgehead atoms. The van der Waals surface area contributed by atoms with E-state index in [1.54, 1.807) is 20.2 Å². The van der Waals surface area contributed by atoms with Crippen LogP contribution in [0.1, 0.15) is 6.92 Å². The lowest BCUT2D eigenvalue weighted by Gasteiger charge is -2.11. The van der Waals surface area contributed by atoms with E-state index in [1.807, 2.05) is 24.3 Å². The molecule has 2 rings (SSSR count). The molecule has 0 saturated heterocycles. The van der Waals surface area contributed by atoms with Crippen molar-refractivity contribution in [1.82, 2.24) is 10.3 Å². The number of fused-ring (bicyclic) bond motifs is 1. The van der Waals surface area contributed by atoms with E-state index in [4.69, 9.17) is 9.84 Å². The fraction of sp³-hybridized carbons (Fsp3) is 0.400. The molecule has 1 aromatic heterocycles. The molecule has 0 radical (unpaired) electrons. The highest BCUT2D eigenvalue weighted by Gasteiger charge is 2.03. The highest BCUT2D eigenvalue weighted by Crippen LogP contribution is 2.25. The van der Waals surface area contributed by atoms with Crippen LogP contribution in [0.25, 0.3) is 10.8 Å². The summed E-state index contributed by atoms with van der Waals surface area (Å²) in [6.07, 6.45) is 1.47. The van der Waals surface area contributed by atoms with Crippen molar-refractivity contribution in [3.8, 4) is 5.75 Å². The van der Waals surface area contributed by atoms with Gasteiger partial charge >= 0.3 is 0 Å². The summed E-state index contributed by atoms with van der Waals surface area (Å²) in [5, 5.41) is 17.8. The summed E-state index contributed by atoms with van der Waals surface area (Å²) in [5.41, 5.74) is 0. The molecule has 108 valence electrons. The zero-order chi connectivity index (χ0) is 14.4. The Kier molecular flexibility index (Phi) is 5.15. The molecular formula is C15H21N3O2. The monoisotopic (exact) mass is 275 g/mol. The van der Waals surface area contributed by atoms with Gasteiger partial charge in [0.25, 0.3) is 0 Å². The SMILES string of the molecule is COc1ccc2ccnc(NCCNCC(C)O)c2c1. The molecule has 0 aliphatic heterocycles. The van der Waals surface area contributed by atoms with Gasteiger partial charge < -0.3 is 20.5 Å². The van der Waals surface area contributed by atoms with Gasteiger partial charge in [-0.05, 0) is 30.5 Å². The van der Waals surface area contributed by atoms with E-state index in [1.165, 1.54) is 0 Å². The molecule has 20 heavy (non-hydrogen) atoms. The number of benzene rings is 1. The molecule has 1 atom stereocenters. The fourth-order valence-electron chi connectivity index (χ4n) is 2.00. The number of pyridine rings is 1. The minimum Gasteiger partial charge on any atom is -0.497 e. The van der Waals surface area contributed by atoms with Crippen LogP contribution < -0.4 is 15.4 Å². The second-order valence-electron chi connectivity index (χ2n) is 4.73. The lowest BCUT2D eigenvalue weighted by atomic mass is 10.1. The molecule has 0 aliphatic rings. The number of hydrogen-bond acceptors (Lipinski definition) is 5. The lowest BCUT2D eigenvalue weighted by Crippen LogP contribution is -2.29. The van der Waals surface area contributed by atoms with Gasteiger partial charge in [-0.2, -0.15) is 0 Å². The number of methoxy groups -OCH3 is 1. The van der Waals surface area contributed by atoms with Crippen molar-refractivity contribution in [2.24, 2.45) is 0 Å². The van der Waals surface area contributed by atoms with Gasteiger partial charge in [0.05, 0.1) is 13.2 Å². The van der Waals surface area contributed by atoms with Crippen LogP contribution in [-0.2, 0) is 0 Å². The van der Waals surface area contributed by atoms with Crippen LogP contribution in [0.15, 0.2) is 30.5 Å². The number of anilines is 1. The first-order chi connectivity index (χ1) is 9.70. The molecule has 0 fully saturated rings. The third-order valence-corrected chi connectivity index (χ3v) is 3.01. The predicted octanol–water partition coefficient (Wildman–Crippen LogP) is 1.63. The molecule has 0 aliphatic carbocycles. The molecule has 2 aromatic rings. The molecule has 5 nitrogen and oxygen atoms in total. The third kappa shape index (κ3) is 3.82. The Bertz CT molecular complexity index is 558. The number of aromatic nitrogens is 1. The molecule has 3 N–H and O–H groups in total. The molecule has 0 spiro atoms. The fourth-order valence-corrected chi connectivity index (χ4v) is 2.00. The topological polar surface area (TPSA) is 66.4 Å². The Balaban J connectivity index is 2.02. The number of nitrogens with zero attached hydrogens (tertiary/aromatic N) is 1. The van der Waals surface area contributed by atoms with Gasteiger partial charge in [0, 0.05) is 31.2 Å². The molecule has 1 heterocycles. The third-order valence-electron chi connectivity index (χ3n) is 3.01. The summed E-state index contributed by atoms with van der Waals surface area (Å²) in [4.78, 5) is 4.37. The van der Waals surface area contributed by atoms with Crippen LogP contribution in [0.3, 0.4) is 0 Å². The standard InChI is InChI=1S/C15H21N3O2/c1-11(19)10-16-7-8-18-15-14-9-13(20-2)4-3-12(14)5-6-17-15/h3-6,9,11,16,19H,7-8,10H2,1-2H3,(H,17,18). The Labute approximate surface area is 119 Å². The number of aliphatic hydroxyl groups excluding tert-OH is 1.